The summed E-state index contributed by atoms with van der Waals surface area (Å²) in [5.74, 6) is 0.824. The van der Waals surface area contributed by atoms with Crippen LogP contribution in [-0.4, -0.2) is 37.1 Å². The number of carbonyl (C=O) groups excluding carboxylic acids is 1. The SMILES string of the molecule is O=C(/C=C/c1cc2ccccc2nc1N1CCOCC1)c1ccc(Cl)cc1. The molecular weight excluding hydrogens is 360 g/mol. The van der Waals surface area contributed by atoms with Crippen LogP contribution in [0, 0.1) is 0 Å². The first-order chi connectivity index (χ1) is 13.2. The second-order valence-corrected chi connectivity index (χ2v) is 6.83. The molecule has 0 unspecified atom stereocenters. The number of anilines is 1. The number of hydrogen-bond acceptors (Lipinski definition) is 4. The van der Waals surface area contributed by atoms with E-state index in [0.717, 1.165) is 35.4 Å². The highest BCUT2D eigenvalue weighted by atomic mass is 35.5. The van der Waals surface area contributed by atoms with E-state index in [1.807, 2.05) is 30.3 Å². The fraction of sp³-hybridized carbons (Fsp3) is 0.182. The van der Waals surface area contributed by atoms with Crippen molar-refractivity contribution >= 4 is 40.2 Å². The van der Waals surface area contributed by atoms with Crippen LogP contribution in [0.3, 0.4) is 0 Å². The first-order valence-corrected chi connectivity index (χ1v) is 9.29. The lowest BCUT2D eigenvalue weighted by atomic mass is 10.1. The van der Waals surface area contributed by atoms with Gasteiger partial charge in [-0.2, -0.15) is 0 Å². The van der Waals surface area contributed by atoms with Gasteiger partial charge in [-0.15, -0.1) is 0 Å². The van der Waals surface area contributed by atoms with Gasteiger partial charge in [-0.05, 0) is 48.6 Å². The van der Waals surface area contributed by atoms with E-state index in [9.17, 15) is 4.79 Å². The second-order valence-electron chi connectivity index (χ2n) is 6.40. The van der Waals surface area contributed by atoms with E-state index in [1.54, 1.807) is 30.3 Å². The maximum atomic E-state index is 12.5. The van der Waals surface area contributed by atoms with Crippen LogP contribution in [0.1, 0.15) is 15.9 Å². The fourth-order valence-corrected chi connectivity index (χ4v) is 3.28. The molecule has 3 aromatic rings. The smallest absolute Gasteiger partial charge is 0.185 e. The number of hydrogen-bond donors (Lipinski definition) is 0. The number of rotatable bonds is 4. The summed E-state index contributed by atoms with van der Waals surface area (Å²) in [5.41, 5.74) is 2.48. The minimum absolute atomic E-state index is 0.0623. The molecule has 4 rings (SSSR count). The Bertz CT molecular complexity index is 993. The summed E-state index contributed by atoms with van der Waals surface area (Å²) in [6.45, 7) is 2.94. The van der Waals surface area contributed by atoms with Crippen LogP contribution in [0.15, 0.2) is 60.7 Å². The van der Waals surface area contributed by atoms with Gasteiger partial charge in [0.05, 0.1) is 18.7 Å². The molecule has 136 valence electrons. The predicted octanol–water partition coefficient (Wildman–Crippen LogP) is 4.62. The summed E-state index contributed by atoms with van der Waals surface area (Å²) < 4.78 is 5.46. The third-order valence-corrected chi connectivity index (χ3v) is 4.84. The second kappa shape index (κ2) is 7.91. The Labute approximate surface area is 163 Å². The van der Waals surface area contributed by atoms with Crippen molar-refractivity contribution in [3.63, 3.8) is 0 Å². The van der Waals surface area contributed by atoms with E-state index in [4.69, 9.17) is 21.3 Å². The highest BCUT2D eigenvalue weighted by molar-refractivity contribution is 6.30. The Morgan fingerprint density at radius 3 is 2.59 bits per heavy atom. The summed E-state index contributed by atoms with van der Waals surface area (Å²) in [6.07, 6.45) is 3.44. The summed E-state index contributed by atoms with van der Waals surface area (Å²) in [5, 5.41) is 1.66. The van der Waals surface area contributed by atoms with Crippen molar-refractivity contribution in [3.05, 3.63) is 76.8 Å². The van der Waals surface area contributed by atoms with Crippen molar-refractivity contribution in [1.29, 1.82) is 0 Å². The topological polar surface area (TPSA) is 42.4 Å². The zero-order chi connectivity index (χ0) is 18.6. The first kappa shape index (κ1) is 17.7. The van der Waals surface area contributed by atoms with Crippen molar-refractivity contribution in [2.45, 2.75) is 0 Å². The standard InChI is InChI=1S/C22H19ClN2O2/c23-19-8-5-16(6-9-19)21(26)10-7-18-15-17-3-1-2-4-20(17)24-22(18)25-11-13-27-14-12-25/h1-10,15H,11-14H2/b10-7+. The fourth-order valence-electron chi connectivity index (χ4n) is 3.15. The van der Waals surface area contributed by atoms with Crippen LogP contribution < -0.4 is 4.90 Å². The molecule has 1 saturated heterocycles. The quantitative estimate of drug-likeness (QED) is 0.490. The summed E-state index contributed by atoms with van der Waals surface area (Å²) in [6, 6.07) is 17.0. The number of morpholine rings is 1. The van der Waals surface area contributed by atoms with Crippen molar-refractivity contribution in [2.75, 3.05) is 31.2 Å². The number of ketones is 1. The van der Waals surface area contributed by atoms with Crippen LogP contribution >= 0.6 is 11.6 Å². The van der Waals surface area contributed by atoms with Gasteiger partial charge in [0.15, 0.2) is 5.78 Å². The van der Waals surface area contributed by atoms with E-state index in [0.29, 0.717) is 23.8 Å². The molecule has 4 nitrogen and oxygen atoms in total. The van der Waals surface area contributed by atoms with Gasteiger partial charge < -0.3 is 9.64 Å². The monoisotopic (exact) mass is 378 g/mol. The van der Waals surface area contributed by atoms with E-state index >= 15 is 0 Å². The molecule has 0 N–H and O–H groups in total. The molecule has 5 heteroatoms. The van der Waals surface area contributed by atoms with Crippen molar-refractivity contribution in [2.24, 2.45) is 0 Å². The van der Waals surface area contributed by atoms with Crippen LogP contribution in [0.5, 0.6) is 0 Å². The predicted molar refractivity (Wildman–Crippen MR) is 110 cm³/mol. The van der Waals surface area contributed by atoms with Gasteiger partial charge in [0.25, 0.3) is 0 Å². The Kier molecular flexibility index (Phi) is 5.19. The summed E-state index contributed by atoms with van der Waals surface area (Å²) >= 11 is 5.90. The number of ether oxygens (including phenoxy) is 1. The zero-order valence-electron chi connectivity index (χ0n) is 14.8. The molecule has 2 aromatic carbocycles. The van der Waals surface area contributed by atoms with Crippen LogP contribution in [0.25, 0.3) is 17.0 Å². The largest absolute Gasteiger partial charge is 0.378 e. The van der Waals surface area contributed by atoms with Crippen molar-refractivity contribution in [1.82, 2.24) is 4.98 Å². The maximum Gasteiger partial charge on any atom is 0.185 e. The molecule has 0 atom stereocenters. The molecule has 1 aromatic heterocycles. The van der Waals surface area contributed by atoms with Crippen LogP contribution in [0.2, 0.25) is 5.02 Å². The average Bonchev–Trinajstić information content (AvgIpc) is 2.72. The molecule has 0 spiro atoms. The Morgan fingerprint density at radius 2 is 1.81 bits per heavy atom. The van der Waals surface area contributed by atoms with Gasteiger partial charge in [0.2, 0.25) is 0 Å². The van der Waals surface area contributed by atoms with Gasteiger partial charge in [0.1, 0.15) is 5.82 Å². The lowest BCUT2D eigenvalue weighted by Crippen LogP contribution is -2.37. The molecule has 1 fully saturated rings. The van der Waals surface area contributed by atoms with Crippen LogP contribution in [0.4, 0.5) is 5.82 Å². The molecule has 0 aliphatic carbocycles. The van der Waals surface area contributed by atoms with E-state index in [2.05, 4.69) is 11.0 Å². The third-order valence-electron chi connectivity index (χ3n) is 4.59. The summed E-state index contributed by atoms with van der Waals surface area (Å²) in [7, 11) is 0. The summed E-state index contributed by atoms with van der Waals surface area (Å²) in [4.78, 5) is 19.6. The highest BCUT2D eigenvalue weighted by Gasteiger charge is 2.16. The molecule has 0 radical (unpaired) electrons. The maximum absolute atomic E-state index is 12.5. The molecule has 1 aliphatic rings. The third kappa shape index (κ3) is 4.02. The number of allylic oxidation sites excluding steroid dienone is 1. The van der Waals surface area contributed by atoms with Crippen molar-refractivity contribution in [3.8, 4) is 0 Å². The molecule has 0 bridgehead atoms. The van der Waals surface area contributed by atoms with Gasteiger partial charge in [-0.25, -0.2) is 4.98 Å². The molecule has 2 heterocycles. The minimum Gasteiger partial charge on any atom is -0.378 e. The molecule has 0 saturated carbocycles. The first-order valence-electron chi connectivity index (χ1n) is 8.91. The van der Waals surface area contributed by atoms with Gasteiger partial charge in [0, 0.05) is 34.6 Å². The number of halogens is 1. The number of carbonyl (C=O) groups is 1. The Balaban J connectivity index is 1.70. The van der Waals surface area contributed by atoms with E-state index in [1.165, 1.54) is 0 Å². The Morgan fingerprint density at radius 1 is 1.07 bits per heavy atom. The van der Waals surface area contributed by atoms with Gasteiger partial charge in [-0.3, -0.25) is 4.79 Å². The highest BCUT2D eigenvalue weighted by Crippen LogP contribution is 2.26. The number of para-hydroxylation sites is 1. The normalized spacial score (nSPS) is 14.8. The number of fused-ring (bicyclic) bond motifs is 1. The lowest BCUT2D eigenvalue weighted by molar-refractivity contribution is 0.104. The molecular formula is C22H19ClN2O2. The average molecular weight is 379 g/mol. The number of aromatic nitrogens is 1. The van der Waals surface area contributed by atoms with E-state index < -0.39 is 0 Å². The minimum atomic E-state index is -0.0623. The number of nitrogens with zero attached hydrogens (tertiary/aromatic N) is 2. The van der Waals surface area contributed by atoms with E-state index in [-0.39, 0.29) is 5.78 Å². The lowest BCUT2D eigenvalue weighted by Gasteiger charge is -2.29. The zero-order valence-corrected chi connectivity index (χ0v) is 15.5. The van der Waals surface area contributed by atoms with Gasteiger partial charge >= 0.3 is 0 Å². The molecule has 27 heavy (non-hydrogen) atoms. The number of benzene rings is 2. The van der Waals surface area contributed by atoms with Gasteiger partial charge in [-0.1, -0.05) is 29.8 Å². The Hall–Kier alpha value is -2.69. The van der Waals surface area contributed by atoms with Crippen molar-refractivity contribution < 1.29 is 9.53 Å². The van der Waals surface area contributed by atoms with Crippen LogP contribution in [-0.2, 0) is 4.74 Å². The number of pyridine rings is 1. The molecule has 0 amide bonds. The molecule has 1 aliphatic heterocycles.